The molecule has 1 unspecified atom stereocenters. The van der Waals surface area contributed by atoms with Gasteiger partial charge in [0.15, 0.2) is 9.84 Å². The first kappa shape index (κ1) is 15.7. The molecule has 0 aliphatic rings. The zero-order valence-electron chi connectivity index (χ0n) is 11.4. The van der Waals surface area contributed by atoms with Crippen molar-refractivity contribution < 1.29 is 8.42 Å². The first-order chi connectivity index (χ1) is 8.16. The van der Waals surface area contributed by atoms with Crippen LogP contribution in [0.2, 0.25) is 0 Å². The Bertz CT molecular complexity index is 501. The van der Waals surface area contributed by atoms with Gasteiger partial charge in [0.1, 0.15) is 0 Å². The lowest BCUT2D eigenvalue weighted by atomic mass is 9.83. The highest BCUT2D eigenvalue weighted by atomic mass is 79.9. The summed E-state index contributed by atoms with van der Waals surface area (Å²) >= 11 is 3.43. The first-order valence-electron chi connectivity index (χ1n) is 6.02. The Balaban J connectivity index is 3.02. The molecule has 0 saturated carbocycles. The highest BCUT2D eigenvalue weighted by molar-refractivity contribution is 9.09. The van der Waals surface area contributed by atoms with Gasteiger partial charge in [0, 0.05) is 5.33 Å². The van der Waals surface area contributed by atoms with Crippen LogP contribution in [0, 0.1) is 18.3 Å². The van der Waals surface area contributed by atoms with Gasteiger partial charge in [0.2, 0.25) is 0 Å². The lowest BCUT2D eigenvalue weighted by Gasteiger charge is -2.28. The third-order valence-electron chi connectivity index (χ3n) is 3.18. The van der Waals surface area contributed by atoms with E-state index in [1.807, 2.05) is 13.0 Å². The normalized spacial score (nSPS) is 14.5. The molecule has 0 bridgehead atoms. The minimum absolute atomic E-state index is 0.0274. The molecule has 0 aromatic heterocycles. The Morgan fingerprint density at radius 2 is 1.89 bits per heavy atom. The van der Waals surface area contributed by atoms with Crippen molar-refractivity contribution >= 4 is 25.8 Å². The van der Waals surface area contributed by atoms with Crippen LogP contribution in [-0.4, -0.2) is 19.5 Å². The molecule has 0 saturated heterocycles. The van der Waals surface area contributed by atoms with Crippen LogP contribution in [0.25, 0.3) is 0 Å². The van der Waals surface area contributed by atoms with Gasteiger partial charge in [0.25, 0.3) is 0 Å². The fourth-order valence-electron chi connectivity index (χ4n) is 1.70. The zero-order chi connectivity index (χ0) is 14.0. The Hall–Kier alpha value is -0.350. The maximum absolute atomic E-state index is 12.4. The van der Waals surface area contributed by atoms with Crippen LogP contribution in [0.3, 0.4) is 0 Å². The van der Waals surface area contributed by atoms with Crippen molar-refractivity contribution in [2.24, 2.45) is 11.3 Å². The van der Waals surface area contributed by atoms with Crippen molar-refractivity contribution in [2.75, 3.05) is 11.1 Å². The summed E-state index contributed by atoms with van der Waals surface area (Å²) in [7, 11) is -3.21. The second kappa shape index (κ2) is 5.74. The highest BCUT2D eigenvalue weighted by Crippen LogP contribution is 2.30. The van der Waals surface area contributed by atoms with Gasteiger partial charge < -0.3 is 0 Å². The first-order valence-corrected chi connectivity index (χ1v) is 8.79. The molecule has 0 aliphatic heterocycles. The summed E-state index contributed by atoms with van der Waals surface area (Å²) in [6.45, 7) is 8.13. The van der Waals surface area contributed by atoms with E-state index in [-0.39, 0.29) is 17.1 Å². The number of alkyl halides is 1. The van der Waals surface area contributed by atoms with Crippen molar-refractivity contribution in [3.63, 3.8) is 0 Å². The van der Waals surface area contributed by atoms with Crippen LogP contribution < -0.4 is 0 Å². The molecule has 0 N–H and O–H groups in total. The number of aryl methyl sites for hydroxylation is 1. The second-order valence-electron chi connectivity index (χ2n) is 5.82. The predicted molar refractivity (Wildman–Crippen MR) is 80.0 cm³/mol. The van der Waals surface area contributed by atoms with Gasteiger partial charge in [-0.3, -0.25) is 0 Å². The molecule has 1 aromatic carbocycles. The molecule has 102 valence electrons. The number of sulfone groups is 1. The molecular formula is C14H21BrO2S. The fourth-order valence-corrected chi connectivity index (χ4v) is 5.19. The number of benzene rings is 1. The molecule has 2 nitrogen and oxygen atoms in total. The van der Waals surface area contributed by atoms with Gasteiger partial charge in [-0.2, -0.15) is 0 Å². The van der Waals surface area contributed by atoms with Gasteiger partial charge in [-0.1, -0.05) is 48.8 Å². The Kier molecular flexibility index (Phi) is 5.01. The van der Waals surface area contributed by atoms with Crippen molar-refractivity contribution in [1.29, 1.82) is 0 Å². The molecule has 0 fully saturated rings. The van der Waals surface area contributed by atoms with Gasteiger partial charge >= 0.3 is 0 Å². The Labute approximate surface area is 119 Å². The summed E-state index contributed by atoms with van der Waals surface area (Å²) in [5, 5.41) is 0.696. The maximum atomic E-state index is 12.4. The molecule has 1 atom stereocenters. The maximum Gasteiger partial charge on any atom is 0.178 e. The minimum Gasteiger partial charge on any atom is -0.224 e. The molecule has 0 heterocycles. The SMILES string of the molecule is Cc1cccc(S(=O)(=O)CC(CBr)C(C)(C)C)c1. The summed E-state index contributed by atoms with van der Waals surface area (Å²) in [4.78, 5) is 0.428. The topological polar surface area (TPSA) is 34.1 Å². The number of hydrogen-bond donors (Lipinski definition) is 0. The van der Waals surface area contributed by atoms with E-state index in [4.69, 9.17) is 0 Å². The van der Waals surface area contributed by atoms with E-state index in [9.17, 15) is 8.42 Å². The summed E-state index contributed by atoms with van der Waals surface area (Å²) in [6.07, 6.45) is 0. The number of hydrogen-bond acceptors (Lipinski definition) is 2. The summed E-state index contributed by atoms with van der Waals surface area (Å²) in [6, 6.07) is 7.12. The van der Waals surface area contributed by atoms with E-state index in [0.29, 0.717) is 10.2 Å². The molecule has 1 rings (SSSR count). The van der Waals surface area contributed by atoms with Crippen LogP contribution in [0.4, 0.5) is 0 Å². The largest absolute Gasteiger partial charge is 0.224 e. The predicted octanol–water partition coefficient (Wildman–Crippen LogP) is 3.83. The average molecular weight is 333 g/mol. The van der Waals surface area contributed by atoms with E-state index in [1.165, 1.54) is 0 Å². The highest BCUT2D eigenvalue weighted by Gasteiger charge is 2.29. The molecule has 0 radical (unpaired) electrons. The van der Waals surface area contributed by atoms with Crippen molar-refractivity contribution in [3.8, 4) is 0 Å². The third-order valence-corrected chi connectivity index (χ3v) is 5.78. The Morgan fingerprint density at radius 3 is 2.33 bits per heavy atom. The van der Waals surface area contributed by atoms with Crippen molar-refractivity contribution in [1.82, 2.24) is 0 Å². The van der Waals surface area contributed by atoms with Crippen LogP contribution in [0.5, 0.6) is 0 Å². The standard InChI is InChI=1S/C14H21BrO2S/c1-11-6-5-7-13(8-11)18(16,17)10-12(9-15)14(2,3)4/h5-8,12H,9-10H2,1-4H3. The van der Waals surface area contributed by atoms with Gasteiger partial charge in [0.05, 0.1) is 10.6 Å². The molecular weight excluding hydrogens is 312 g/mol. The number of halogens is 1. The lowest BCUT2D eigenvalue weighted by Crippen LogP contribution is -2.29. The summed E-state index contributed by atoms with van der Waals surface area (Å²) in [5.74, 6) is 0.286. The van der Waals surface area contributed by atoms with Gasteiger partial charge in [-0.25, -0.2) is 8.42 Å². The van der Waals surface area contributed by atoms with Crippen LogP contribution in [0.1, 0.15) is 26.3 Å². The van der Waals surface area contributed by atoms with Crippen molar-refractivity contribution in [3.05, 3.63) is 29.8 Å². The molecule has 1 aromatic rings. The zero-order valence-corrected chi connectivity index (χ0v) is 13.8. The van der Waals surface area contributed by atoms with Crippen LogP contribution in [-0.2, 0) is 9.84 Å². The quantitative estimate of drug-likeness (QED) is 0.785. The van der Waals surface area contributed by atoms with E-state index in [1.54, 1.807) is 18.2 Å². The van der Waals surface area contributed by atoms with E-state index < -0.39 is 9.84 Å². The molecule has 0 aliphatic carbocycles. The van der Waals surface area contributed by atoms with E-state index in [0.717, 1.165) is 5.56 Å². The Morgan fingerprint density at radius 1 is 1.28 bits per heavy atom. The monoisotopic (exact) mass is 332 g/mol. The average Bonchev–Trinajstić information content (AvgIpc) is 2.24. The molecule has 4 heteroatoms. The molecule has 0 spiro atoms. The smallest absolute Gasteiger partial charge is 0.178 e. The van der Waals surface area contributed by atoms with Crippen LogP contribution in [0.15, 0.2) is 29.2 Å². The van der Waals surface area contributed by atoms with Crippen LogP contribution >= 0.6 is 15.9 Å². The molecule has 18 heavy (non-hydrogen) atoms. The number of rotatable bonds is 4. The van der Waals surface area contributed by atoms with Gasteiger partial charge in [-0.05, 0) is 36.0 Å². The van der Waals surface area contributed by atoms with E-state index >= 15 is 0 Å². The van der Waals surface area contributed by atoms with E-state index in [2.05, 4.69) is 36.7 Å². The van der Waals surface area contributed by atoms with Crippen molar-refractivity contribution in [2.45, 2.75) is 32.6 Å². The summed E-state index contributed by atoms with van der Waals surface area (Å²) < 4.78 is 24.8. The third kappa shape index (κ3) is 4.09. The summed E-state index contributed by atoms with van der Waals surface area (Å²) in [5.41, 5.74) is 0.947. The molecule has 0 amide bonds. The lowest BCUT2D eigenvalue weighted by molar-refractivity contribution is 0.291. The van der Waals surface area contributed by atoms with Gasteiger partial charge in [-0.15, -0.1) is 0 Å². The fraction of sp³-hybridized carbons (Fsp3) is 0.571. The minimum atomic E-state index is -3.21. The second-order valence-corrected chi connectivity index (χ2v) is 8.50.